The molecule has 0 saturated heterocycles. The van der Waals surface area contributed by atoms with E-state index in [1.54, 1.807) is 0 Å². The number of hydrogen-bond donors (Lipinski definition) is 2. The highest BCUT2D eigenvalue weighted by Gasteiger charge is 2.23. The summed E-state index contributed by atoms with van der Waals surface area (Å²) in [5.41, 5.74) is 1.89. The van der Waals surface area contributed by atoms with E-state index in [1.165, 1.54) is 0 Å². The Morgan fingerprint density at radius 1 is 1.61 bits per heavy atom. The standard InChI is InChI=1S/C14H15NO3/c1-2-8-15-14(17)9-18-13-5-3-4-10-11(13)6-7-12(10)16/h1,3-5,12,16H,6-9H2,(H,15,17). The van der Waals surface area contributed by atoms with E-state index in [9.17, 15) is 9.90 Å². The second kappa shape index (κ2) is 5.56. The average molecular weight is 245 g/mol. The predicted octanol–water partition coefficient (Wildman–Crippen LogP) is 0.794. The molecule has 0 aromatic heterocycles. The fourth-order valence-electron chi connectivity index (χ4n) is 2.08. The van der Waals surface area contributed by atoms with Crippen molar-refractivity contribution < 1.29 is 14.6 Å². The molecule has 4 nitrogen and oxygen atoms in total. The maximum atomic E-state index is 11.4. The Bertz CT molecular complexity index is 490. The molecular formula is C14H15NO3. The summed E-state index contributed by atoms with van der Waals surface area (Å²) < 4.78 is 5.46. The van der Waals surface area contributed by atoms with Gasteiger partial charge in [-0.2, -0.15) is 0 Å². The number of terminal acetylenes is 1. The fraction of sp³-hybridized carbons (Fsp3) is 0.357. The number of hydrogen-bond acceptors (Lipinski definition) is 3. The van der Waals surface area contributed by atoms with Crippen LogP contribution in [0.4, 0.5) is 0 Å². The zero-order valence-corrected chi connectivity index (χ0v) is 9.98. The molecule has 94 valence electrons. The van der Waals surface area contributed by atoms with Crippen LogP contribution in [0.15, 0.2) is 18.2 Å². The van der Waals surface area contributed by atoms with E-state index < -0.39 is 6.10 Å². The van der Waals surface area contributed by atoms with Crippen LogP contribution in [0.25, 0.3) is 0 Å². The monoisotopic (exact) mass is 245 g/mol. The van der Waals surface area contributed by atoms with Crippen LogP contribution in [0.1, 0.15) is 23.7 Å². The highest BCUT2D eigenvalue weighted by atomic mass is 16.5. The van der Waals surface area contributed by atoms with Crippen molar-refractivity contribution in [2.45, 2.75) is 18.9 Å². The molecule has 0 fully saturated rings. The molecule has 1 atom stereocenters. The fourth-order valence-corrected chi connectivity index (χ4v) is 2.08. The van der Waals surface area contributed by atoms with Crippen molar-refractivity contribution in [2.24, 2.45) is 0 Å². The van der Waals surface area contributed by atoms with Gasteiger partial charge in [0.1, 0.15) is 5.75 Å². The molecule has 1 aliphatic rings. The Labute approximate surface area is 106 Å². The summed E-state index contributed by atoms with van der Waals surface area (Å²) in [6.07, 6.45) is 6.11. The van der Waals surface area contributed by atoms with Gasteiger partial charge < -0.3 is 15.2 Å². The minimum Gasteiger partial charge on any atom is -0.483 e. The number of fused-ring (bicyclic) bond motifs is 1. The van der Waals surface area contributed by atoms with Crippen LogP contribution in [0.5, 0.6) is 5.75 Å². The van der Waals surface area contributed by atoms with Gasteiger partial charge in [0.2, 0.25) is 0 Å². The zero-order chi connectivity index (χ0) is 13.0. The molecule has 2 rings (SSSR count). The van der Waals surface area contributed by atoms with Crippen molar-refractivity contribution in [3.8, 4) is 18.1 Å². The van der Waals surface area contributed by atoms with Crippen LogP contribution < -0.4 is 10.1 Å². The predicted molar refractivity (Wildman–Crippen MR) is 67.1 cm³/mol. The molecule has 1 aromatic rings. The van der Waals surface area contributed by atoms with E-state index in [0.29, 0.717) is 12.2 Å². The Morgan fingerprint density at radius 3 is 3.22 bits per heavy atom. The molecule has 0 saturated carbocycles. The lowest BCUT2D eigenvalue weighted by molar-refractivity contribution is -0.122. The first-order chi connectivity index (χ1) is 8.72. The number of carbonyl (C=O) groups is 1. The summed E-state index contributed by atoms with van der Waals surface area (Å²) in [5, 5.41) is 12.3. The Morgan fingerprint density at radius 2 is 2.44 bits per heavy atom. The van der Waals surface area contributed by atoms with E-state index in [4.69, 9.17) is 11.2 Å². The van der Waals surface area contributed by atoms with Gasteiger partial charge in [0.15, 0.2) is 6.61 Å². The largest absolute Gasteiger partial charge is 0.483 e. The molecule has 0 bridgehead atoms. The molecule has 0 radical (unpaired) electrons. The van der Waals surface area contributed by atoms with E-state index in [0.717, 1.165) is 17.5 Å². The first-order valence-electron chi connectivity index (χ1n) is 5.85. The molecule has 0 spiro atoms. The van der Waals surface area contributed by atoms with Crippen molar-refractivity contribution in [1.82, 2.24) is 5.32 Å². The number of aliphatic hydroxyl groups excluding tert-OH is 1. The molecule has 0 heterocycles. The molecule has 1 unspecified atom stereocenters. The van der Waals surface area contributed by atoms with Crippen molar-refractivity contribution in [2.75, 3.05) is 13.2 Å². The third-order valence-electron chi connectivity index (χ3n) is 2.94. The SMILES string of the molecule is C#CCNC(=O)COc1cccc2c1CCC2O. The highest BCUT2D eigenvalue weighted by Crippen LogP contribution is 2.36. The lowest BCUT2D eigenvalue weighted by Crippen LogP contribution is -2.29. The van der Waals surface area contributed by atoms with Crippen LogP contribution in [-0.4, -0.2) is 24.2 Å². The molecule has 4 heteroatoms. The first kappa shape index (κ1) is 12.5. The molecule has 0 aliphatic heterocycles. The van der Waals surface area contributed by atoms with E-state index in [-0.39, 0.29) is 19.1 Å². The highest BCUT2D eigenvalue weighted by molar-refractivity contribution is 5.77. The number of carbonyl (C=O) groups excluding carboxylic acids is 1. The number of benzene rings is 1. The smallest absolute Gasteiger partial charge is 0.258 e. The maximum Gasteiger partial charge on any atom is 0.258 e. The van der Waals surface area contributed by atoms with E-state index >= 15 is 0 Å². The second-order valence-electron chi connectivity index (χ2n) is 4.15. The molecule has 1 aliphatic carbocycles. The molecule has 1 aromatic carbocycles. The van der Waals surface area contributed by atoms with Crippen LogP contribution in [-0.2, 0) is 11.2 Å². The van der Waals surface area contributed by atoms with Crippen LogP contribution >= 0.6 is 0 Å². The van der Waals surface area contributed by atoms with Crippen LogP contribution in [0.3, 0.4) is 0 Å². The van der Waals surface area contributed by atoms with Crippen molar-refractivity contribution in [1.29, 1.82) is 0 Å². The number of nitrogens with one attached hydrogen (secondary N) is 1. The van der Waals surface area contributed by atoms with Crippen LogP contribution in [0, 0.1) is 12.3 Å². The van der Waals surface area contributed by atoms with Crippen molar-refractivity contribution >= 4 is 5.91 Å². The number of aliphatic hydroxyl groups is 1. The third kappa shape index (κ3) is 2.63. The molecule has 2 N–H and O–H groups in total. The summed E-state index contributed by atoms with van der Waals surface area (Å²) in [4.78, 5) is 11.4. The van der Waals surface area contributed by atoms with Gasteiger partial charge in [-0.05, 0) is 24.5 Å². The zero-order valence-electron chi connectivity index (χ0n) is 9.98. The van der Waals surface area contributed by atoms with Gasteiger partial charge in [-0.1, -0.05) is 18.1 Å². The van der Waals surface area contributed by atoms with Crippen molar-refractivity contribution in [3.63, 3.8) is 0 Å². The minimum atomic E-state index is -0.418. The summed E-state index contributed by atoms with van der Waals surface area (Å²) in [5.74, 6) is 2.74. The van der Waals surface area contributed by atoms with Gasteiger partial charge in [-0.3, -0.25) is 4.79 Å². The van der Waals surface area contributed by atoms with E-state index in [2.05, 4.69) is 11.2 Å². The number of amides is 1. The summed E-state index contributed by atoms with van der Waals surface area (Å²) >= 11 is 0. The van der Waals surface area contributed by atoms with Gasteiger partial charge in [0, 0.05) is 5.56 Å². The summed E-state index contributed by atoms with van der Waals surface area (Å²) in [7, 11) is 0. The first-order valence-corrected chi connectivity index (χ1v) is 5.85. The van der Waals surface area contributed by atoms with Crippen molar-refractivity contribution in [3.05, 3.63) is 29.3 Å². The minimum absolute atomic E-state index is 0.0613. The van der Waals surface area contributed by atoms with Gasteiger partial charge in [0.05, 0.1) is 12.6 Å². The van der Waals surface area contributed by atoms with Gasteiger partial charge in [-0.15, -0.1) is 6.42 Å². The van der Waals surface area contributed by atoms with E-state index in [1.807, 2.05) is 18.2 Å². The normalized spacial score (nSPS) is 16.8. The Kier molecular flexibility index (Phi) is 3.85. The van der Waals surface area contributed by atoms with Gasteiger partial charge in [0.25, 0.3) is 5.91 Å². The lowest BCUT2D eigenvalue weighted by Gasteiger charge is -2.10. The molecule has 1 amide bonds. The Balaban J connectivity index is 1.99. The lowest BCUT2D eigenvalue weighted by atomic mass is 10.1. The second-order valence-corrected chi connectivity index (χ2v) is 4.15. The van der Waals surface area contributed by atoms with Gasteiger partial charge in [-0.25, -0.2) is 0 Å². The molecular weight excluding hydrogens is 230 g/mol. The summed E-state index contributed by atoms with van der Waals surface area (Å²) in [6.45, 7) is 0.141. The average Bonchev–Trinajstić information content (AvgIpc) is 2.76. The number of ether oxygens (including phenoxy) is 1. The quantitative estimate of drug-likeness (QED) is 0.771. The Hall–Kier alpha value is -1.99. The maximum absolute atomic E-state index is 11.4. The van der Waals surface area contributed by atoms with Crippen LogP contribution in [0.2, 0.25) is 0 Å². The summed E-state index contributed by atoms with van der Waals surface area (Å²) in [6, 6.07) is 5.52. The number of rotatable bonds is 4. The third-order valence-corrected chi connectivity index (χ3v) is 2.94. The topological polar surface area (TPSA) is 58.6 Å². The van der Waals surface area contributed by atoms with Gasteiger partial charge >= 0.3 is 0 Å². The molecule has 18 heavy (non-hydrogen) atoms.